The molecule has 1 aromatic carbocycles. The standard InChI is InChI=1S/C15H25BN2O2/c1-13(2)11-17-6-8-18(9-7-17)12-14-4-3-5-15(10-14)16(19)20/h3-5,10,13,19-20H,6-9,11-12H2,1-2H3. The quantitative estimate of drug-likeness (QED) is 0.751. The largest absolute Gasteiger partial charge is 0.488 e. The summed E-state index contributed by atoms with van der Waals surface area (Å²) in [6.07, 6.45) is 0. The predicted molar refractivity (Wildman–Crippen MR) is 82.8 cm³/mol. The summed E-state index contributed by atoms with van der Waals surface area (Å²) in [6.45, 7) is 11.0. The topological polar surface area (TPSA) is 46.9 Å². The molecule has 0 unspecified atom stereocenters. The first-order valence-electron chi connectivity index (χ1n) is 7.44. The minimum Gasteiger partial charge on any atom is -0.423 e. The number of hydrogen-bond donors (Lipinski definition) is 2. The maximum Gasteiger partial charge on any atom is 0.488 e. The Bertz CT molecular complexity index is 418. The van der Waals surface area contributed by atoms with Crippen LogP contribution in [0.5, 0.6) is 0 Å². The van der Waals surface area contributed by atoms with E-state index >= 15 is 0 Å². The molecule has 1 heterocycles. The lowest BCUT2D eigenvalue weighted by molar-refractivity contribution is 0.117. The van der Waals surface area contributed by atoms with Crippen molar-refractivity contribution in [3.63, 3.8) is 0 Å². The smallest absolute Gasteiger partial charge is 0.423 e. The molecule has 0 aromatic heterocycles. The third kappa shape index (κ3) is 4.60. The van der Waals surface area contributed by atoms with Crippen molar-refractivity contribution < 1.29 is 10.0 Å². The van der Waals surface area contributed by atoms with E-state index in [1.807, 2.05) is 18.2 Å². The van der Waals surface area contributed by atoms with Gasteiger partial charge in [-0.1, -0.05) is 38.1 Å². The second-order valence-electron chi connectivity index (χ2n) is 6.09. The summed E-state index contributed by atoms with van der Waals surface area (Å²) in [5.74, 6) is 0.726. The summed E-state index contributed by atoms with van der Waals surface area (Å²) >= 11 is 0. The van der Waals surface area contributed by atoms with E-state index in [0.29, 0.717) is 5.46 Å². The van der Waals surface area contributed by atoms with Crippen LogP contribution in [0.3, 0.4) is 0 Å². The van der Waals surface area contributed by atoms with Gasteiger partial charge < -0.3 is 14.9 Å². The molecule has 1 fully saturated rings. The van der Waals surface area contributed by atoms with Crippen LogP contribution in [-0.2, 0) is 6.54 Å². The Morgan fingerprint density at radius 2 is 1.75 bits per heavy atom. The Morgan fingerprint density at radius 1 is 1.10 bits per heavy atom. The van der Waals surface area contributed by atoms with Gasteiger partial charge in [0.25, 0.3) is 0 Å². The average Bonchev–Trinajstić information content (AvgIpc) is 2.41. The van der Waals surface area contributed by atoms with Crippen LogP contribution in [0.4, 0.5) is 0 Å². The lowest BCUT2D eigenvalue weighted by atomic mass is 9.79. The van der Waals surface area contributed by atoms with Gasteiger partial charge in [0.05, 0.1) is 0 Å². The maximum atomic E-state index is 9.21. The summed E-state index contributed by atoms with van der Waals surface area (Å²) in [5.41, 5.74) is 1.72. The fourth-order valence-corrected chi connectivity index (χ4v) is 2.76. The van der Waals surface area contributed by atoms with Gasteiger partial charge in [-0.05, 0) is 16.9 Å². The summed E-state index contributed by atoms with van der Waals surface area (Å²) in [5, 5.41) is 18.4. The minimum atomic E-state index is -1.38. The van der Waals surface area contributed by atoms with Crippen LogP contribution in [-0.4, -0.2) is 59.7 Å². The molecule has 0 atom stereocenters. The van der Waals surface area contributed by atoms with Crippen LogP contribution in [0.2, 0.25) is 0 Å². The molecule has 1 aliphatic rings. The molecule has 1 aromatic rings. The second kappa shape index (κ2) is 7.22. The van der Waals surface area contributed by atoms with Crippen molar-refractivity contribution in [2.24, 2.45) is 5.92 Å². The molecule has 0 aliphatic carbocycles. The van der Waals surface area contributed by atoms with Gasteiger partial charge in [0.2, 0.25) is 0 Å². The van der Waals surface area contributed by atoms with Crippen LogP contribution in [0, 0.1) is 5.92 Å². The molecular weight excluding hydrogens is 251 g/mol. The van der Waals surface area contributed by atoms with E-state index in [1.165, 1.54) is 6.54 Å². The number of nitrogens with zero attached hydrogens (tertiary/aromatic N) is 2. The first-order valence-corrected chi connectivity index (χ1v) is 7.44. The van der Waals surface area contributed by atoms with Gasteiger partial charge >= 0.3 is 7.12 Å². The number of benzene rings is 1. The molecule has 20 heavy (non-hydrogen) atoms. The number of hydrogen-bond acceptors (Lipinski definition) is 4. The van der Waals surface area contributed by atoms with E-state index in [2.05, 4.69) is 23.6 Å². The lowest BCUT2D eigenvalue weighted by Gasteiger charge is -2.35. The number of rotatable bonds is 5. The average molecular weight is 276 g/mol. The van der Waals surface area contributed by atoms with Crippen LogP contribution in [0.1, 0.15) is 19.4 Å². The van der Waals surface area contributed by atoms with Gasteiger partial charge in [0.1, 0.15) is 0 Å². The van der Waals surface area contributed by atoms with Crippen molar-refractivity contribution in [2.75, 3.05) is 32.7 Å². The molecule has 110 valence electrons. The molecule has 0 spiro atoms. The zero-order chi connectivity index (χ0) is 14.5. The first kappa shape index (κ1) is 15.5. The highest BCUT2D eigenvalue weighted by atomic mass is 16.4. The molecule has 1 aliphatic heterocycles. The fourth-order valence-electron chi connectivity index (χ4n) is 2.76. The van der Waals surface area contributed by atoms with E-state index in [-0.39, 0.29) is 0 Å². The molecule has 0 amide bonds. The van der Waals surface area contributed by atoms with Crippen LogP contribution >= 0.6 is 0 Å². The Kier molecular flexibility index (Phi) is 5.60. The zero-order valence-electron chi connectivity index (χ0n) is 12.5. The predicted octanol–water partition coefficient (Wildman–Crippen LogP) is 0.140. The van der Waals surface area contributed by atoms with E-state index < -0.39 is 7.12 Å². The monoisotopic (exact) mass is 276 g/mol. The maximum absolute atomic E-state index is 9.21. The highest BCUT2D eigenvalue weighted by molar-refractivity contribution is 6.58. The fraction of sp³-hybridized carbons (Fsp3) is 0.600. The van der Waals surface area contributed by atoms with Gasteiger partial charge in [0.15, 0.2) is 0 Å². The third-order valence-corrected chi connectivity index (χ3v) is 3.74. The molecule has 2 rings (SSSR count). The summed E-state index contributed by atoms with van der Waals surface area (Å²) < 4.78 is 0. The van der Waals surface area contributed by atoms with E-state index in [0.717, 1.165) is 44.2 Å². The van der Waals surface area contributed by atoms with Gasteiger partial charge in [-0.3, -0.25) is 4.90 Å². The minimum absolute atomic E-state index is 0.570. The van der Waals surface area contributed by atoms with Gasteiger partial charge in [-0.25, -0.2) is 0 Å². The van der Waals surface area contributed by atoms with Crippen molar-refractivity contribution in [3.8, 4) is 0 Å². The Morgan fingerprint density at radius 3 is 2.35 bits per heavy atom. The molecule has 5 heteroatoms. The van der Waals surface area contributed by atoms with E-state index in [1.54, 1.807) is 6.07 Å². The molecule has 0 bridgehead atoms. The second-order valence-corrected chi connectivity index (χ2v) is 6.09. The zero-order valence-corrected chi connectivity index (χ0v) is 12.5. The summed E-state index contributed by atoms with van der Waals surface area (Å²) in [6, 6.07) is 7.56. The van der Waals surface area contributed by atoms with Crippen molar-refractivity contribution in [1.29, 1.82) is 0 Å². The molecule has 1 saturated heterocycles. The third-order valence-electron chi connectivity index (χ3n) is 3.74. The highest BCUT2D eigenvalue weighted by Gasteiger charge is 2.18. The summed E-state index contributed by atoms with van der Waals surface area (Å²) in [7, 11) is -1.38. The Balaban J connectivity index is 1.85. The summed E-state index contributed by atoms with van der Waals surface area (Å²) in [4.78, 5) is 4.95. The first-order chi connectivity index (χ1) is 9.54. The Labute approximate surface area is 122 Å². The van der Waals surface area contributed by atoms with Gasteiger partial charge in [-0.15, -0.1) is 0 Å². The van der Waals surface area contributed by atoms with Crippen LogP contribution in [0.15, 0.2) is 24.3 Å². The van der Waals surface area contributed by atoms with Gasteiger partial charge in [0, 0.05) is 39.3 Å². The van der Waals surface area contributed by atoms with Crippen molar-refractivity contribution in [2.45, 2.75) is 20.4 Å². The lowest BCUT2D eigenvalue weighted by Crippen LogP contribution is -2.47. The molecule has 0 radical (unpaired) electrons. The van der Waals surface area contributed by atoms with Crippen molar-refractivity contribution in [3.05, 3.63) is 29.8 Å². The normalized spacial score (nSPS) is 17.6. The SMILES string of the molecule is CC(C)CN1CCN(Cc2cccc(B(O)O)c2)CC1. The van der Waals surface area contributed by atoms with E-state index in [9.17, 15) is 10.0 Å². The molecule has 4 nitrogen and oxygen atoms in total. The van der Waals surface area contributed by atoms with Crippen molar-refractivity contribution in [1.82, 2.24) is 9.80 Å². The highest BCUT2D eigenvalue weighted by Crippen LogP contribution is 2.09. The number of piperazine rings is 1. The van der Waals surface area contributed by atoms with Crippen molar-refractivity contribution >= 4 is 12.6 Å². The molecule has 2 N–H and O–H groups in total. The van der Waals surface area contributed by atoms with Crippen LogP contribution < -0.4 is 5.46 Å². The van der Waals surface area contributed by atoms with Crippen LogP contribution in [0.25, 0.3) is 0 Å². The molecular formula is C15H25BN2O2. The Hall–Kier alpha value is -0.875. The van der Waals surface area contributed by atoms with Gasteiger partial charge in [-0.2, -0.15) is 0 Å². The van der Waals surface area contributed by atoms with E-state index in [4.69, 9.17) is 0 Å². The molecule has 0 saturated carbocycles.